The van der Waals surface area contributed by atoms with Crippen molar-refractivity contribution < 1.29 is 23.8 Å². The molecule has 1 N–H and O–H groups in total. The Morgan fingerprint density at radius 3 is 2.31 bits per heavy atom. The SMILES string of the molecule is COc1ccccc1C1=C(N2CCN(CCO)CC2)C(=O)N(Cc2ccc(F)cc2)C1=O. The summed E-state index contributed by atoms with van der Waals surface area (Å²) in [5.74, 6) is -0.613. The zero-order chi connectivity index (χ0) is 22.7. The van der Waals surface area contributed by atoms with Crippen LogP contribution in [0.1, 0.15) is 11.1 Å². The third-order valence-corrected chi connectivity index (χ3v) is 5.88. The number of nitrogens with zero attached hydrogens (tertiary/aromatic N) is 3. The summed E-state index contributed by atoms with van der Waals surface area (Å²) in [4.78, 5) is 32.3. The first-order valence-electron chi connectivity index (χ1n) is 10.6. The van der Waals surface area contributed by atoms with Gasteiger partial charge in [-0.25, -0.2) is 4.39 Å². The normalized spacial score (nSPS) is 17.5. The number of carbonyl (C=O) groups excluding carboxylic acids is 2. The van der Waals surface area contributed by atoms with E-state index in [0.29, 0.717) is 60.9 Å². The third kappa shape index (κ3) is 4.24. The lowest BCUT2D eigenvalue weighted by molar-refractivity contribution is -0.138. The molecule has 2 aromatic rings. The number of benzene rings is 2. The minimum atomic E-state index is -0.392. The number of aliphatic hydroxyl groups is 1. The molecule has 0 aliphatic carbocycles. The van der Waals surface area contributed by atoms with Crippen molar-refractivity contribution in [3.05, 3.63) is 71.2 Å². The van der Waals surface area contributed by atoms with E-state index >= 15 is 0 Å². The van der Waals surface area contributed by atoms with Gasteiger partial charge in [0.15, 0.2) is 0 Å². The molecule has 4 rings (SSSR count). The predicted octanol–water partition coefficient (Wildman–Crippen LogP) is 1.72. The largest absolute Gasteiger partial charge is 0.496 e. The second kappa shape index (κ2) is 9.50. The van der Waals surface area contributed by atoms with E-state index < -0.39 is 5.91 Å². The highest BCUT2D eigenvalue weighted by molar-refractivity contribution is 6.35. The number of methoxy groups -OCH3 is 1. The molecule has 2 aliphatic rings. The molecule has 32 heavy (non-hydrogen) atoms. The highest BCUT2D eigenvalue weighted by Crippen LogP contribution is 2.37. The van der Waals surface area contributed by atoms with Crippen molar-refractivity contribution in [1.29, 1.82) is 0 Å². The number of halogens is 1. The predicted molar refractivity (Wildman–Crippen MR) is 117 cm³/mol. The molecule has 2 aromatic carbocycles. The second-order valence-electron chi connectivity index (χ2n) is 7.80. The first kappa shape index (κ1) is 22.0. The van der Waals surface area contributed by atoms with Crippen LogP contribution in [0.25, 0.3) is 5.57 Å². The maximum Gasteiger partial charge on any atom is 0.278 e. The number of aliphatic hydroxyl groups excluding tert-OH is 1. The van der Waals surface area contributed by atoms with Crippen LogP contribution >= 0.6 is 0 Å². The van der Waals surface area contributed by atoms with Gasteiger partial charge < -0.3 is 14.7 Å². The molecule has 0 aromatic heterocycles. The summed E-state index contributed by atoms with van der Waals surface area (Å²) in [5, 5.41) is 9.21. The van der Waals surface area contributed by atoms with E-state index in [0.717, 1.165) is 0 Å². The molecule has 0 spiro atoms. The van der Waals surface area contributed by atoms with E-state index in [9.17, 15) is 19.1 Å². The van der Waals surface area contributed by atoms with Crippen molar-refractivity contribution in [2.45, 2.75) is 6.54 Å². The molecular formula is C24H26FN3O4. The summed E-state index contributed by atoms with van der Waals surface area (Å²) < 4.78 is 18.8. The lowest BCUT2D eigenvalue weighted by Crippen LogP contribution is -2.48. The van der Waals surface area contributed by atoms with Gasteiger partial charge in [-0.05, 0) is 23.8 Å². The molecular weight excluding hydrogens is 413 g/mol. The minimum Gasteiger partial charge on any atom is -0.496 e. The molecule has 0 bridgehead atoms. The molecule has 0 unspecified atom stereocenters. The summed E-state index contributed by atoms with van der Waals surface area (Å²) >= 11 is 0. The van der Waals surface area contributed by atoms with Crippen LogP contribution in [-0.2, 0) is 16.1 Å². The summed E-state index contributed by atoms with van der Waals surface area (Å²) in [6.45, 7) is 3.22. The van der Waals surface area contributed by atoms with Gasteiger partial charge in [0.05, 0.1) is 25.8 Å². The molecule has 2 aliphatic heterocycles. The zero-order valence-corrected chi connectivity index (χ0v) is 18.0. The maximum absolute atomic E-state index is 13.5. The van der Waals surface area contributed by atoms with E-state index in [4.69, 9.17) is 4.74 Å². The molecule has 7 nitrogen and oxygen atoms in total. The van der Waals surface area contributed by atoms with Crippen molar-refractivity contribution in [1.82, 2.24) is 14.7 Å². The van der Waals surface area contributed by atoms with Gasteiger partial charge in [-0.3, -0.25) is 19.4 Å². The van der Waals surface area contributed by atoms with Crippen LogP contribution in [0.4, 0.5) is 4.39 Å². The Kier molecular flexibility index (Phi) is 6.53. The van der Waals surface area contributed by atoms with Crippen molar-refractivity contribution in [3.63, 3.8) is 0 Å². The summed E-state index contributed by atoms with van der Waals surface area (Å²) in [6, 6.07) is 12.9. The topological polar surface area (TPSA) is 73.3 Å². The number of para-hydroxylation sites is 1. The van der Waals surface area contributed by atoms with Crippen molar-refractivity contribution in [3.8, 4) is 5.75 Å². The maximum atomic E-state index is 13.5. The molecule has 168 valence electrons. The second-order valence-corrected chi connectivity index (χ2v) is 7.80. The lowest BCUT2D eigenvalue weighted by atomic mass is 10.0. The van der Waals surface area contributed by atoms with Gasteiger partial charge >= 0.3 is 0 Å². The zero-order valence-electron chi connectivity index (χ0n) is 18.0. The van der Waals surface area contributed by atoms with Gasteiger partial charge in [-0.15, -0.1) is 0 Å². The van der Waals surface area contributed by atoms with Crippen molar-refractivity contribution in [2.24, 2.45) is 0 Å². The molecule has 0 atom stereocenters. The number of rotatable bonds is 7. The first-order chi connectivity index (χ1) is 15.5. The Morgan fingerprint density at radius 2 is 1.66 bits per heavy atom. The van der Waals surface area contributed by atoms with Crippen LogP contribution in [-0.4, -0.2) is 78.1 Å². The monoisotopic (exact) mass is 439 g/mol. The number of β-amino-alcohol motifs (C(OH)–C–C–N with tert-alkyl or cyclic N) is 1. The van der Waals surface area contributed by atoms with Crippen LogP contribution in [0.3, 0.4) is 0 Å². The quantitative estimate of drug-likeness (QED) is 0.663. The van der Waals surface area contributed by atoms with E-state index in [1.807, 2.05) is 17.0 Å². The molecule has 0 saturated carbocycles. The van der Waals surface area contributed by atoms with E-state index in [1.165, 1.54) is 24.1 Å². The number of hydrogen-bond acceptors (Lipinski definition) is 6. The number of amides is 2. The Hall–Kier alpha value is -3.23. The van der Waals surface area contributed by atoms with Crippen molar-refractivity contribution >= 4 is 17.4 Å². The number of ether oxygens (including phenoxy) is 1. The van der Waals surface area contributed by atoms with Crippen LogP contribution in [0, 0.1) is 5.82 Å². The molecule has 1 fully saturated rings. The first-order valence-corrected chi connectivity index (χ1v) is 10.6. The Bertz CT molecular complexity index is 1030. The number of imide groups is 1. The van der Waals surface area contributed by atoms with Gasteiger partial charge in [-0.2, -0.15) is 0 Å². The molecule has 0 radical (unpaired) electrons. The van der Waals surface area contributed by atoms with E-state index in [-0.39, 0.29) is 24.9 Å². The Balaban J connectivity index is 1.70. The van der Waals surface area contributed by atoms with Gasteiger partial charge in [-0.1, -0.05) is 30.3 Å². The number of piperazine rings is 1. The van der Waals surface area contributed by atoms with Gasteiger partial charge in [0.1, 0.15) is 17.3 Å². The Morgan fingerprint density at radius 1 is 0.969 bits per heavy atom. The highest BCUT2D eigenvalue weighted by atomic mass is 19.1. The minimum absolute atomic E-state index is 0.0601. The third-order valence-electron chi connectivity index (χ3n) is 5.88. The van der Waals surface area contributed by atoms with Gasteiger partial charge in [0.2, 0.25) is 0 Å². The summed E-state index contributed by atoms with van der Waals surface area (Å²) in [5.41, 5.74) is 1.93. The average Bonchev–Trinajstić information content (AvgIpc) is 3.06. The van der Waals surface area contributed by atoms with Crippen LogP contribution in [0.2, 0.25) is 0 Å². The van der Waals surface area contributed by atoms with E-state index in [2.05, 4.69) is 4.90 Å². The molecule has 2 amide bonds. The molecule has 2 heterocycles. The fourth-order valence-corrected chi connectivity index (χ4v) is 4.20. The lowest BCUT2D eigenvalue weighted by Gasteiger charge is -2.36. The fourth-order valence-electron chi connectivity index (χ4n) is 4.20. The summed E-state index contributed by atoms with van der Waals surface area (Å²) in [6.07, 6.45) is 0. The van der Waals surface area contributed by atoms with E-state index in [1.54, 1.807) is 24.3 Å². The van der Waals surface area contributed by atoms with Crippen molar-refractivity contribution in [2.75, 3.05) is 46.4 Å². The highest BCUT2D eigenvalue weighted by Gasteiger charge is 2.43. The van der Waals surface area contributed by atoms with Crippen LogP contribution < -0.4 is 4.74 Å². The number of hydrogen-bond donors (Lipinski definition) is 1. The Labute approximate surface area is 186 Å². The summed E-state index contributed by atoms with van der Waals surface area (Å²) in [7, 11) is 1.53. The molecule has 1 saturated heterocycles. The van der Waals surface area contributed by atoms with Crippen LogP contribution in [0.15, 0.2) is 54.2 Å². The standard InChI is InChI=1S/C24H26FN3O4/c1-32-20-5-3-2-4-19(20)21-22(27-12-10-26(11-13-27)14-15-29)24(31)28(23(21)30)16-17-6-8-18(25)9-7-17/h2-9,29H,10-16H2,1H3. The van der Waals surface area contributed by atoms with Gasteiger partial charge in [0, 0.05) is 38.3 Å². The van der Waals surface area contributed by atoms with Crippen LogP contribution in [0.5, 0.6) is 5.75 Å². The molecule has 8 heteroatoms. The smallest absolute Gasteiger partial charge is 0.278 e. The number of carbonyl (C=O) groups is 2. The van der Waals surface area contributed by atoms with Gasteiger partial charge in [0.25, 0.3) is 11.8 Å². The average molecular weight is 439 g/mol. The fraction of sp³-hybridized carbons (Fsp3) is 0.333.